The Morgan fingerprint density at radius 2 is 2.06 bits per heavy atom. The lowest BCUT2D eigenvalue weighted by atomic mass is 10.0. The monoisotopic (exact) mass is 220 g/mol. The van der Waals surface area contributed by atoms with Gasteiger partial charge in [0.25, 0.3) is 0 Å². The Balaban J connectivity index is 2.34. The minimum absolute atomic E-state index is 0.256. The van der Waals surface area contributed by atoms with Crippen LogP contribution in [-0.2, 0) is 9.47 Å². The van der Waals surface area contributed by atoms with Gasteiger partial charge in [-0.1, -0.05) is 12.1 Å². The van der Waals surface area contributed by atoms with Crippen molar-refractivity contribution >= 4 is 12.6 Å². The van der Waals surface area contributed by atoms with Gasteiger partial charge in [-0.05, 0) is 11.6 Å². The van der Waals surface area contributed by atoms with E-state index in [1.165, 1.54) is 0 Å². The second kappa shape index (κ2) is 5.01. The number of benzene rings is 1. The Morgan fingerprint density at radius 1 is 1.19 bits per heavy atom. The summed E-state index contributed by atoms with van der Waals surface area (Å²) in [6.07, 6.45) is 1.26. The molecule has 1 aliphatic rings. The van der Waals surface area contributed by atoms with Gasteiger partial charge in [-0.3, -0.25) is 9.59 Å². The molecule has 1 atom stereocenters. The van der Waals surface area contributed by atoms with Crippen molar-refractivity contribution in [2.24, 2.45) is 0 Å². The minimum Gasteiger partial charge on any atom is -0.376 e. The summed E-state index contributed by atoms with van der Waals surface area (Å²) in [7, 11) is 0. The van der Waals surface area contributed by atoms with Crippen molar-refractivity contribution in [3.05, 3.63) is 34.9 Å². The van der Waals surface area contributed by atoms with E-state index in [1.54, 1.807) is 18.2 Å². The normalized spacial score (nSPS) is 20.4. The zero-order valence-electron chi connectivity index (χ0n) is 8.72. The van der Waals surface area contributed by atoms with Crippen LogP contribution in [0.2, 0.25) is 0 Å². The van der Waals surface area contributed by atoms with Crippen LogP contribution >= 0.6 is 0 Å². The zero-order valence-corrected chi connectivity index (χ0v) is 8.72. The number of carbonyl (C=O) groups excluding carboxylic acids is 2. The molecule has 0 aliphatic carbocycles. The molecular formula is C12H12O4. The van der Waals surface area contributed by atoms with E-state index in [1.807, 2.05) is 0 Å². The molecule has 1 aliphatic heterocycles. The number of ether oxygens (including phenoxy) is 2. The highest BCUT2D eigenvalue weighted by Gasteiger charge is 2.19. The SMILES string of the molecule is O=Cc1ccc(C=O)c(C2COCCO2)c1. The molecule has 0 N–H and O–H groups in total. The molecule has 0 amide bonds. The van der Waals surface area contributed by atoms with E-state index in [-0.39, 0.29) is 6.10 Å². The number of aldehydes is 2. The van der Waals surface area contributed by atoms with Gasteiger partial charge in [-0.2, -0.15) is 0 Å². The lowest BCUT2D eigenvalue weighted by Gasteiger charge is -2.24. The van der Waals surface area contributed by atoms with Gasteiger partial charge in [0.15, 0.2) is 0 Å². The summed E-state index contributed by atoms with van der Waals surface area (Å²) in [5.41, 5.74) is 1.80. The Hall–Kier alpha value is -1.52. The number of hydrogen-bond acceptors (Lipinski definition) is 4. The van der Waals surface area contributed by atoms with E-state index >= 15 is 0 Å². The second-order valence-corrected chi connectivity index (χ2v) is 3.56. The van der Waals surface area contributed by atoms with Gasteiger partial charge < -0.3 is 9.47 Å². The molecule has 0 bridgehead atoms. The average Bonchev–Trinajstić information content (AvgIpc) is 2.39. The maximum atomic E-state index is 10.9. The fourth-order valence-electron chi connectivity index (χ4n) is 1.72. The van der Waals surface area contributed by atoms with E-state index in [9.17, 15) is 9.59 Å². The Morgan fingerprint density at radius 3 is 2.69 bits per heavy atom. The summed E-state index contributed by atoms with van der Waals surface area (Å²) in [4.78, 5) is 21.6. The van der Waals surface area contributed by atoms with Crippen LogP contribution in [0.25, 0.3) is 0 Å². The summed E-state index contributed by atoms with van der Waals surface area (Å²) in [6.45, 7) is 1.50. The van der Waals surface area contributed by atoms with Gasteiger partial charge in [-0.25, -0.2) is 0 Å². The van der Waals surface area contributed by atoms with Crippen LogP contribution in [0.5, 0.6) is 0 Å². The number of rotatable bonds is 3. The molecule has 1 aromatic carbocycles. The van der Waals surface area contributed by atoms with Crippen molar-refractivity contribution in [1.29, 1.82) is 0 Å². The molecule has 4 nitrogen and oxygen atoms in total. The second-order valence-electron chi connectivity index (χ2n) is 3.56. The largest absolute Gasteiger partial charge is 0.376 e. The average molecular weight is 220 g/mol. The lowest BCUT2D eigenvalue weighted by molar-refractivity contribution is -0.0902. The molecule has 4 heteroatoms. The molecule has 1 unspecified atom stereocenters. The molecule has 1 fully saturated rings. The van der Waals surface area contributed by atoms with Gasteiger partial charge in [0.05, 0.1) is 19.8 Å². The summed E-state index contributed by atoms with van der Waals surface area (Å²) in [6, 6.07) is 4.92. The van der Waals surface area contributed by atoms with E-state index < -0.39 is 0 Å². The van der Waals surface area contributed by atoms with Crippen LogP contribution in [0, 0.1) is 0 Å². The highest BCUT2D eigenvalue weighted by molar-refractivity contribution is 5.82. The van der Waals surface area contributed by atoms with Crippen molar-refractivity contribution in [3.63, 3.8) is 0 Å². The number of hydrogen-bond donors (Lipinski definition) is 0. The predicted molar refractivity (Wildman–Crippen MR) is 56.7 cm³/mol. The third-order valence-corrected chi connectivity index (χ3v) is 2.54. The lowest BCUT2D eigenvalue weighted by Crippen LogP contribution is -2.23. The first-order valence-corrected chi connectivity index (χ1v) is 5.09. The third kappa shape index (κ3) is 2.18. The van der Waals surface area contributed by atoms with Gasteiger partial charge in [0, 0.05) is 11.1 Å². The van der Waals surface area contributed by atoms with E-state index in [4.69, 9.17) is 9.47 Å². The first-order chi connectivity index (χ1) is 7.85. The standard InChI is InChI=1S/C12H12O4/c13-6-9-1-2-10(7-14)11(5-9)12-8-15-3-4-16-12/h1-2,5-7,12H,3-4,8H2. The van der Waals surface area contributed by atoms with Crippen LogP contribution < -0.4 is 0 Å². The van der Waals surface area contributed by atoms with Crippen molar-refractivity contribution in [2.75, 3.05) is 19.8 Å². The van der Waals surface area contributed by atoms with E-state index in [0.29, 0.717) is 30.9 Å². The Kier molecular flexibility index (Phi) is 3.44. The molecule has 0 aromatic heterocycles. The maximum absolute atomic E-state index is 10.9. The molecule has 1 heterocycles. The van der Waals surface area contributed by atoms with E-state index in [2.05, 4.69) is 0 Å². The molecule has 0 saturated carbocycles. The summed E-state index contributed by atoms with van der Waals surface area (Å²) in [5, 5.41) is 0. The van der Waals surface area contributed by atoms with E-state index in [0.717, 1.165) is 18.1 Å². The fraction of sp³-hybridized carbons (Fsp3) is 0.333. The highest BCUT2D eigenvalue weighted by atomic mass is 16.6. The Bertz CT molecular complexity index is 394. The quantitative estimate of drug-likeness (QED) is 0.722. The van der Waals surface area contributed by atoms with Crippen molar-refractivity contribution in [2.45, 2.75) is 6.10 Å². The first-order valence-electron chi connectivity index (χ1n) is 5.09. The molecule has 0 radical (unpaired) electrons. The Labute approximate surface area is 93.2 Å². The van der Waals surface area contributed by atoms with Gasteiger partial charge in [-0.15, -0.1) is 0 Å². The summed E-state index contributed by atoms with van der Waals surface area (Å²) in [5.74, 6) is 0. The van der Waals surface area contributed by atoms with Crippen LogP contribution in [0.3, 0.4) is 0 Å². The summed E-state index contributed by atoms with van der Waals surface area (Å²) < 4.78 is 10.8. The minimum atomic E-state index is -0.256. The molecule has 84 valence electrons. The van der Waals surface area contributed by atoms with Crippen molar-refractivity contribution in [3.8, 4) is 0 Å². The van der Waals surface area contributed by atoms with Gasteiger partial charge in [0.2, 0.25) is 0 Å². The van der Waals surface area contributed by atoms with Crippen LogP contribution in [0.1, 0.15) is 32.4 Å². The van der Waals surface area contributed by atoms with Crippen molar-refractivity contribution < 1.29 is 19.1 Å². The first kappa shape index (κ1) is 11.0. The molecule has 16 heavy (non-hydrogen) atoms. The molecule has 1 saturated heterocycles. The van der Waals surface area contributed by atoms with Gasteiger partial charge >= 0.3 is 0 Å². The molecule has 1 aromatic rings. The van der Waals surface area contributed by atoms with Crippen molar-refractivity contribution in [1.82, 2.24) is 0 Å². The van der Waals surface area contributed by atoms with Crippen LogP contribution in [0.15, 0.2) is 18.2 Å². The molecular weight excluding hydrogens is 208 g/mol. The topological polar surface area (TPSA) is 52.6 Å². The van der Waals surface area contributed by atoms with Gasteiger partial charge in [0.1, 0.15) is 18.7 Å². The molecule has 2 rings (SSSR count). The third-order valence-electron chi connectivity index (χ3n) is 2.54. The fourth-order valence-corrected chi connectivity index (χ4v) is 1.72. The molecule has 0 spiro atoms. The predicted octanol–water partition coefficient (Wildman–Crippen LogP) is 1.40. The smallest absolute Gasteiger partial charge is 0.150 e. The maximum Gasteiger partial charge on any atom is 0.150 e. The van der Waals surface area contributed by atoms with Crippen LogP contribution in [0.4, 0.5) is 0 Å². The summed E-state index contributed by atoms with van der Waals surface area (Å²) >= 11 is 0. The zero-order chi connectivity index (χ0) is 11.4. The number of carbonyl (C=O) groups is 2. The van der Waals surface area contributed by atoms with Crippen LogP contribution in [-0.4, -0.2) is 32.4 Å². The highest BCUT2D eigenvalue weighted by Crippen LogP contribution is 2.24.